The van der Waals surface area contributed by atoms with Crippen molar-refractivity contribution in [3.63, 3.8) is 0 Å². The number of carbonyl (C=O) groups excluding carboxylic acids is 1. The van der Waals surface area contributed by atoms with Crippen LogP contribution in [-0.2, 0) is 16.0 Å². The molecular weight excluding hydrogens is 268 g/mol. The number of halogens is 1. The number of allylic oxidation sites excluding steroid dienone is 1. The Hall–Kier alpha value is -1.09. The molecule has 2 nitrogen and oxygen atoms in total. The average molecular weight is 283 g/mol. The molecule has 0 aliphatic carbocycles. The largest absolute Gasteiger partial charge is 0.463 e. The molecule has 16 heavy (non-hydrogen) atoms. The third-order valence-corrected chi connectivity index (χ3v) is 2.85. The zero-order valence-electron chi connectivity index (χ0n) is 9.50. The van der Waals surface area contributed by atoms with Gasteiger partial charge in [-0.1, -0.05) is 39.7 Å². The standard InChI is InChI=1S/C13H15BrO2/c1-3-16-13(15)9-10(2)8-11-6-4-5-7-12(11)14/h4-7,9H,3,8H2,1-2H3/b10-9+. The summed E-state index contributed by atoms with van der Waals surface area (Å²) in [6, 6.07) is 7.98. The van der Waals surface area contributed by atoms with Gasteiger partial charge in [0.05, 0.1) is 6.61 Å². The molecule has 0 spiro atoms. The number of hydrogen-bond donors (Lipinski definition) is 0. The summed E-state index contributed by atoms with van der Waals surface area (Å²) < 4.78 is 5.92. The Labute approximate surface area is 104 Å². The van der Waals surface area contributed by atoms with Gasteiger partial charge in [0.15, 0.2) is 0 Å². The molecule has 0 radical (unpaired) electrons. The second-order valence-electron chi connectivity index (χ2n) is 3.51. The smallest absolute Gasteiger partial charge is 0.330 e. The number of ether oxygens (including phenoxy) is 1. The molecule has 3 heteroatoms. The zero-order chi connectivity index (χ0) is 12.0. The van der Waals surface area contributed by atoms with Gasteiger partial charge in [0, 0.05) is 10.5 Å². The predicted octanol–water partition coefficient (Wildman–Crippen LogP) is 3.50. The van der Waals surface area contributed by atoms with Crippen LogP contribution < -0.4 is 0 Å². The van der Waals surface area contributed by atoms with E-state index in [1.54, 1.807) is 13.0 Å². The first-order valence-electron chi connectivity index (χ1n) is 5.20. The molecule has 0 atom stereocenters. The molecule has 0 aliphatic heterocycles. The normalized spacial score (nSPS) is 11.3. The lowest BCUT2D eigenvalue weighted by Gasteiger charge is -2.04. The van der Waals surface area contributed by atoms with E-state index in [4.69, 9.17) is 4.74 Å². The molecule has 0 aliphatic rings. The molecule has 0 fully saturated rings. The van der Waals surface area contributed by atoms with Gasteiger partial charge in [-0.15, -0.1) is 0 Å². The SMILES string of the molecule is CCOC(=O)/C=C(\C)Cc1ccccc1Br. The van der Waals surface area contributed by atoms with Crippen LogP contribution in [-0.4, -0.2) is 12.6 Å². The first-order valence-corrected chi connectivity index (χ1v) is 6.00. The fourth-order valence-corrected chi connectivity index (χ4v) is 1.80. The van der Waals surface area contributed by atoms with Crippen LogP contribution in [0.3, 0.4) is 0 Å². The second kappa shape index (κ2) is 6.48. The van der Waals surface area contributed by atoms with E-state index < -0.39 is 0 Å². The molecule has 0 bridgehead atoms. The Balaban J connectivity index is 2.67. The van der Waals surface area contributed by atoms with Crippen molar-refractivity contribution >= 4 is 21.9 Å². The zero-order valence-corrected chi connectivity index (χ0v) is 11.1. The molecule has 0 saturated carbocycles. The minimum absolute atomic E-state index is 0.271. The molecule has 86 valence electrons. The average Bonchev–Trinajstić information content (AvgIpc) is 2.21. The Kier molecular flexibility index (Phi) is 5.26. The first-order chi connectivity index (χ1) is 7.63. The topological polar surface area (TPSA) is 26.3 Å². The van der Waals surface area contributed by atoms with Gasteiger partial charge in [-0.05, 0) is 31.9 Å². The molecule has 1 rings (SSSR count). The van der Waals surface area contributed by atoms with Gasteiger partial charge in [0.2, 0.25) is 0 Å². The van der Waals surface area contributed by atoms with E-state index >= 15 is 0 Å². The van der Waals surface area contributed by atoms with Crippen molar-refractivity contribution in [1.82, 2.24) is 0 Å². The highest BCUT2D eigenvalue weighted by Crippen LogP contribution is 2.18. The first kappa shape index (κ1) is 13.0. The van der Waals surface area contributed by atoms with Crippen molar-refractivity contribution in [2.24, 2.45) is 0 Å². The van der Waals surface area contributed by atoms with E-state index in [9.17, 15) is 4.79 Å². The highest BCUT2D eigenvalue weighted by molar-refractivity contribution is 9.10. The summed E-state index contributed by atoms with van der Waals surface area (Å²) in [4.78, 5) is 11.2. The van der Waals surface area contributed by atoms with Gasteiger partial charge in [-0.3, -0.25) is 0 Å². The maximum absolute atomic E-state index is 11.2. The van der Waals surface area contributed by atoms with Crippen molar-refractivity contribution in [3.05, 3.63) is 46.0 Å². The lowest BCUT2D eigenvalue weighted by Crippen LogP contribution is -2.01. The van der Waals surface area contributed by atoms with Crippen molar-refractivity contribution < 1.29 is 9.53 Å². The summed E-state index contributed by atoms with van der Waals surface area (Å²) in [5.41, 5.74) is 2.16. The predicted molar refractivity (Wildman–Crippen MR) is 68.2 cm³/mol. The fourth-order valence-electron chi connectivity index (χ4n) is 1.38. The summed E-state index contributed by atoms with van der Waals surface area (Å²) >= 11 is 3.48. The van der Waals surface area contributed by atoms with E-state index in [1.165, 1.54) is 5.56 Å². The van der Waals surface area contributed by atoms with Crippen molar-refractivity contribution in [3.8, 4) is 0 Å². The summed E-state index contributed by atoms with van der Waals surface area (Å²) in [7, 11) is 0. The minimum atomic E-state index is -0.271. The molecule has 0 N–H and O–H groups in total. The number of esters is 1. The molecule has 0 amide bonds. The van der Waals surface area contributed by atoms with E-state index in [-0.39, 0.29) is 5.97 Å². The summed E-state index contributed by atoms with van der Waals surface area (Å²) in [5, 5.41) is 0. The fraction of sp³-hybridized carbons (Fsp3) is 0.308. The summed E-state index contributed by atoms with van der Waals surface area (Å²) in [6.45, 7) is 4.14. The Morgan fingerprint density at radius 2 is 2.12 bits per heavy atom. The summed E-state index contributed by atoms with van der Waals surface area (Å²) in [5.74, 6) is -0.271. The van der Waals surface area contributed by atoms with Crippen molar-refractivity contribution in [2.75, 3.05) is 6.61 Å². The van der Waals surface area contributed by atoms with Crippen LogP contribution in [0.2, 0.25) is 0 Å². The van der Waals surface area contributed by atoms with Gasteiger partial charge in [-0.25, -0.2) is 4.79 Å². The lowest BCUT2D eigenvalue weighted by molar-refractivity contribution is -0.137. The van der Waals surface area contributed by atoms with Crippen molar-refractivity contribution in [2.45, 2.75) is 20.3 Å². The molecule has 1 aromatic carbocycles. The molecule has 1 aromatic rings. The molecule has 0 unspecified atom stereocenters. The van der Waals surface area contributed by atoms with E-state index in [1.807, 2.05) is 31.2 Å². The van der Waals surface area contributed by atoms with Crippen LogP contribution in [0.4, 0.5) is 0 Å². The molecule has 0 heterocycles. The highest BCUT2D eigenvalue weighted by atomic mass is 79.9. The third-order valence-electron chi connectivity index (χ3n) is 2.08. The minimum Gasteiger partial charge on any atom is -0.463 e. The Morgan fingerprint density at radius 1 is 1.44 bits per heavy atom. The van der Waals surface area contributed by atoms with Crippen LogP contribution in [0.5, 0.6) is 0 Å². The Morgan fingerprint density at radius 3 is 2.75 bits per heavy atom. The van der Waals surface area contributed by atoms with Crippen molar-refractivity contribution in [1.29, 1.82) is 0 Å². The van der Waals surface area contributed by atoms with Gasteiger partial charge >= 0.3 is 5.97 Å². The monoisotopic (exact) mass is 282 g/mol. The highest BCUT2D eigenvalue weighted by Gasteiger charge is 2.02. The molecule has 0 saturated heterocycles. The van der Waals surface area contributed by atoms with Crippen LogP contribution in [0.25, 0.3) is 0 Å². The summed E-state index contributed by atoms with van der Waals surface area (Å²) in [6.07, 6.45) is 2.29. The maximum atomic E-state index is 11.2. The van der Waals surface area contributed by atoms with Crippen LogP contribution in [0.1, 0.15) is 19.4 Å². The van der Waals surface area contributed by atoms with E-state index in [2.05, 4.69) is 15.9 Å². The lowest BCUT2D eigenvalue weighted by atomic mass is 10.1. The van der Waals surface area contributed by atoms with Gasteiger partial charge in [0.25, 0.3) is 0 Å². The molecule has 0 aromatic heterocycles. The van der Waals surface area contributed by atoms with E-state index in [0.29, 0.717) is 6.61 Å². The van der Waals surface area contributed by atoms with Crippen LogP contribution in [0.15, 0.2) is 40.4 Å². The second-order valence-corrected chi connectivity index (χ2v) is 4.37. The van der Waals surface area contributed by atoms with Gasteiger partial charge < -0.3 is 4.74 Å². The van der Waals surface area contributed by atoms with Gasteiger partial charge in [0.1, 0.15) is 0 Å². The number of benzene rings is 1. The Bertz CT molecular complexity index is 397. The van der Waals surface area contributed by atoms with Crippen LogP contribution in [0, 0.1) is 0 Å². The van der Waals surface area contributed by atoms with Gasteiger partial charge in [-0.2, -0.15) is 0 Å². The quantitative estimate of drug-likeness (QED) is 0.624. The third kappa shape index (κ3) is 4.19. The number of rotatable bonds is 4. The molecular formula is C13H15BrO2. The number of carbonyl (C=O) groups is 1. The maximum Gasteiger partial charge on any atom is 0.330 e. The number of hydrogen-bond acceptors (Lipinski definition) is 2. The van der Waals surface area contributed by atoms with E-state index in [0.717, 1.165) is 16.5 Å². The van der Waals surface area contributed by atoms with Crippen LogP contribution >= 0.6 is 15.9 Å².